The molecule has 92 valence electrons. The van der Waals surface area contributed by atoms with Crippen molar-refractivity contribution in [2.75, 3.05) is 6.54 Å². The molecule has 0 aliphatic heterocycles. The summed E-state index contributed by atoms with van der Waals surface area (Å²) in [6.45, 7) is 6.18. The first-order chi connectivity index (χ1) is 8.33. The molecule has 1 unspecified atom stereocenters. The number of thiophene rings is 1. The van der Waals surface area contributed by atoms with Gasteiger partial charge in [-0.1, -0.05) is 6.92 Å². The van der Waals surface area contributed by atoms with Crippen molar-refractivity contribution in [2.45, 2.75) is 32.9 Å². The summed E-state index contributed by atoms with van der Waals surface area (Å²) in [6, 6.07) is 2.60. The highest BCUT2D eigenvalue weighted by atomic mass is 32.1. The Morgan fingerprint density at radius 2 is 2.35 bits per heavy atom. The first kappa shape index (κ1) is 12.3. The van der Waals surface area contributed by atoms with Gasteiger partial charge in [-0.25, -0.2) is 0 Å². The van der Waals surface area contributed by atoms with E-state index in [1.807, 2.05) is 10.9 Å². The molecule has 4 heteroatoms. The van der Waals surface area contributed by atoms with E-state index in [1.54, 1.807) is 11.3 Å². The van der Waals surface area contributed by atoms with E-state index in [4.69, 9.17) is 0 Å². The molecule has 17 heavy (non-hydrogen) atoms. The molecule has 2 aromatic heterocycles. The van der Waals surface area contributed by atoms with Gasteiger partial charge in [-0.3, -0.25) is 4.68 Å². The molecule has 2 heterocycles. The second-order valence-electron chi connectivity index (χ2n) is 4.08. The standard InChI is InChI=1S/C13H19N3S/c1-3-14-13(12-5-6-17-10-12)7-11-8-15-16(4-2)9-11/h5-6,8-10,13-14H,3-4,7H2,1-2H3. The highest BCUT2D eigenvalue weighted by molar-refractivity contribution is 7.07. The highest BCUT2D eigenvalue weighted by Gasteiger charge is 2.12. The number of likely N-dealkylation sites (N-methyl/N-ethyl adjacent to an activating group) is 1. The lowest BCUT2D eigenvalue weighted by Gasteiger charge is -2.15. The molecule has 0 spiro atoms. The summed E-state index contributed by atoms with van der Waals surface area (Å²) in [6.07, 6.45) is 5.11. The molecular weight excluding hydrogens is 230 g/mol. The fourth-order valence-electron chi connectivity index (χ4n) is 1.95. The Labute approximate surface area is 106 Å². The summed E-state index contributed by atoms with van der Waals surface area (Å²) < 4.78 is 1.98. The number of hydrogen-bond donors (Lipinski definition) is 1. The molecule has 2 aromatic rings. The van der Waals surface area contributed by atoms with Crippen molar-refractivity contribution in [3.8, 4) is 0 Å². The van der Waals surface area contributed by atoms with E-state index in [2.05, 4.69) is 47.3 Å². The van der Waals surface area contributed by atoms with Gasteiger partial charge in [0.05, 0.1) is 6.20 Å². The molecule has 0 saturated heterocycles. The molecule has 0 aromatic carbocycles. The van der Waals surface area contributed by atoms with Crippen molar-refractivity contribution in [1.82, 2.24) is 15.1 Å². The fraction of sp³-hybridized carbons (Fsp3) is 0.462. The fourth-order valence-corrected chi connectivity index (χ4v) is 2.66. The van der Waals surface area contributed by atoms with Crippen LogP contribution in [0.25, 0.3) is 0 Å². The minimum atomic E-state index is 0.403. The topological polar surface area (TPSA) is 29.9 Å². The van der Waals surface area contributed by atoms with Crippen molar-refractivity contribution >= 4 is 11.3 Å². The Morgan fingerprint density at radius 1 is 1.47 bits per heavy atom. The zero-order valence-corrected chi connectivity index (χ0v) is 11.2. The molecule has 0 aliphatic rings. The van der Waals surface area contributed by atoms with E-state index in [-0.39, 0.29) is 0 Å². The quantitative estimate of drug-likeness (QED) is 0.853. The van der Waals surface area contributed by atoms with Crippen LogP contribution in [-0.4, -0.2) is 16.3 Å². The van der Waals surface area contributed by atoms with Gasteiger partial charge in [0, 0.05) is 18.8 Å². The van der Waals surface area contributed by atoms with Crippen LogP contribution in [0.5, 0.6) is 0 Å². The molecule has 3 nitrogen and oxygen atoms in total. The molecule has 2 rings (SSSR count). The van der Waals surface area contributed by atoms with E-state index in [9.17, 15) is 0 Å². The summed E-state index contributed by atoms with van der Waals surface area (Å²) in [5.74, 6) is 0. The van der Waals surface area contributed by atoms with Crippen LogP contribution in [0.4, 0.5) is 0 Å². The maximum absolute atomic E-state index is 4.32. The Morgan fingerprint density at radius 3 is 2.94 bits per heavy atom. The van der Waals surface area contributed by atoms with Gasteiger partial charge >= 0.3 is 0 Å². The van der Waals surface area contributed by atoms with Gasteiger partial charge in [-0.05, 0) is 47.8 Å². The molecule has 0 radical (unpaired) electrons. The van der Waals surface area contributed by atoms with E-state index in [0.29, 0.717) is 6.04 Å². The maximum atomic E-state index is 4.32. The molecule has 0 amide bonds. The second kappa shape index (κ2) is 5.98. The first-order valence-electron chi connectivity index (χ1n) is 6.10. The van der Waals surface area contributed by atoms with Crippen LogP contribution < -0.4 is 5.32 Å². The number of aromatic nitrogens is 2. The highest BCUT2D eigenvalue weighted by Crippen LogP contribution is 2.20. The van der Waals surface area contributed by atoms with E-state index in [1.165, 1.54) is 11.1 Å². The third kappa shape index (κ3) is 3.17. The molecule has 0 fully saturated rings. The predicted octanol–water partition coefficient (Wildman–Crippen LogP) is 2.86. The second-order valence-corrected chi connectivity index (χ2v) is 4.86. The van der Waals surface area contributed by atoms with E-state index in [0.717, 1.165) is 19.5 Å². The third-order valence-electron chi connectivity index (χ3n) is 2.85. The normalized spacial score (nSPS) is 12.8. The molecule has 0 saturated carbocycles. The molecular formula is C13H19N3S. The van der Waals surface area contributed by atoms with E-state index < -0.39 is 0 Å². The van der Waals surface area contributed by atoms with Crippen LogP contribution >= 0.6 is 11.3 Å². The summed E-state index contributed by atoms with van der Waals surface area (Å²) in [5.41, 5.74) is 2.67. The lowest BCUT2D eigenvalue weighted by atomic mass is 10.0. The van der Waals surface area contributed by atoms with Gasteiger partial charge < -0.3 is 5.32 Å². The number of rotatable bonds is 6. The zero-order valence-electron chi connectivity index (χ0n) is 10.4. The number of aryl methyl sites for hydroxylation is 1. The predicted molar refractivity (Wildman–Crippen MR) is 72.3 cm³/mol. The summed E-state index contributed by atoms with van der Waals surface area (Å²) in [5, 5.41) is 12.2. The van der Waals surface area contributed by atoms with Crippen molar-refractivity contribution in [2.24, 2.45) is 0 Å². The van der Waals surface area contributed by atoms with Crippen LogP contribution in [0.15, 0.2) is 29.2 Å². The summed E-state index contributed by atoms with van der Waals surface area (Å²) >= 11 is 1.75. The third-order valence-corrected chi connectivity index (χ3v) is 3.55. The molecule has 1 atom stereocenters. The monoisotopic (exact) mass is 249 g/mol. The average molecular weight is 249 g/mol. The van der Waals surface area contributed by atoms with Crippen molar-refractivity contribution in [3.63, 3.8) is 0 Å². The summed E-state index contributed by atoms with van der Waals surface area (Å²) in [7, 11) is 0. The zero-order chi connectivity index (χ0) is 12.1. The van der Waals surface area contributed by atoms with Crippen molar-refractivity contribution in [3.05, 3.63) is 40.3 Å². The molecule has 0 bridgehead atoms. The Bertz CT molecular complexity index is 433. The lowest BCUT2D eigenvalue weighted by Crippen LogP contribution is -2.22. The molecule has 0 aliphatic carbocycles. The van der Waals surface area contributed by atoms with Crippen LogP contribution in [0.1, 0.15) is 31.0 Å². The van der Waals surface area contributed by atoms with Gasteiger partial charge in [0.15, 0.2) is 0 Å². The van der Waals surface area contributed by atoms with Crippen LogP contribution in [-0.2, 0) is 13.0 Å². The van der Waals surface area contributed by atoms with Crippen LogP contribution in [0.2, 0.25) is 0 Å². The number of nitrogens with zero attached hydrogens (tertiary/aromatic N) is 2. The van der Waals surface area contributed by atoms with Gasteiger partial charge in [-0.15, -0.1) is 0 Å². The van der Waals surface area contributed by atoms with Gasteiger partial charge in [-0.2, -0.15) is 16.4 Å². The Kier molecular flexibility index (Phi) is 4.34. The first-order valence-corrected chi connectivity index (χ1v) is 7.04. The van der Waals surface area contributed by atoms with Gasteiger partial charge in [0.2, 0.25) is 0 Å². The van der Waals surface area contributed by atoms with Gasteiger partial charge in [0.25, 0.3) is 0 Å². The summed E-state index contributed by atoms with van der Waals surface area (Å²) in [4.78, 5) is 0. The largest absolute Gasteiger partial charge is 0.310 e. The minimum absolute atomic E-state index is 0.403. The SMILES string of the molecule is CCNC(Cc1cnn(CC)c1)c1ccsc1. The number of hydrogen-bond acceptors (Lipinski definition) is 3. The smallest absolute Gasteiger partial charge is 0.0522 e. The van der Waals surface area contributed by atoms with Crippen LogP contribution in [0.3, 0.4) is 0 Å². The Balaban J connectivity index is 2.07. The van der Waals surface area contributed by atoms with Crippen LogP contribution in [0, 0.1) is 0 Å². The average Bonchev–Trinajstić information content (AvgIpc) is 2.99. The van der Waals surface area contributed by atoms with Crippen molar-refractivity contribution < 1.29 is 0 Å². The van der Waals surface area contributed by atoms with Gasteiger partial charge in [0.1, 0.15) is 0 Å². The number of nitrogens with one attached hydrogen (secondary N) is 1. The molecule has 1 N–H and O–H groups in total. The minimum Gasteiger partial charge on any atom is -0.310 e. The lowest BCUT2D eigenvalue weighted by molar-refractivity contribution is 0.550. The Hall–Kier alpha value is -1.13. The maximum Gasteiger partial charge on any atom is 0.0522 e. The van der Waals surface area contributed by atoms with E-state index >= 15 is 0 Å². The van der Waals surface area contributed by atoms with Crippen molar-refractivity contribution in [1.29, 1.82) is 0 Å².